The molecule has 0 unspecified atom stereocenters. The maximum Gasteiger partial charge on any atom is 0.323 e. The van der Waals surface area contributed by atoms with Gasteiger partial charge >= 0.3 is 6.03 Å². The van der Waals surface area contributed by atoms with Gasteiger partial charge < -0.3 is 15.1 Å². The van der Waals surface area contributed by atoms with Gasteiger partial charge in [-0.3, -0.25) is 9.69 Å². The molecule has 29 heavy (non-hydrogen) atoms. The number of aryl methyl sites for hydroxylation is 2. The summed E-state index contributed by atoms with van der Waals surface area (Å²) in [5.41, 5.74) is 2.85. The van der Waals surface area contributed by atoms with Crippen LogP contribution in [0.15, 0.2) is 30.6 Å². The second-order valence-electron chi connectivity index (χ2n) is 7.74. The summed E-state index contributed by atoms with van der Waals surface area (Å²) in [6, 6.07) is 5.52. The molecule has 0 bridgehead atoms. The van der Waals surface area contributed by atoms with Gasteiger partial charge in [0.25, 0.3) is 5.91 Å². The summed E-state index contributed by atoms with van der Waals surface area (Å²) in [6.07, 6.45) is 3.45. The van der Waals surface area contributed by atoms with Crippen LogP contribution >= 0.6 is 0 Å². The minimum Gasteiger partial charge on any atom is -0.353 e. The Balaban J connectivity index is 1.40. The number of nitrogens with one attached hydrogen (secondary N) is 1. The van der Waals surface area contributed by atoms with Crippen molar-refractivity contribution in [1.29, 1.82) is 0 Å². The van der Waals surface area contributed by atoms with Crippen molar-refractivity contribution in [3.8, 4) is 0 Å². The summed E-state index contributed by atoms with van der Waals surface area (Å²) in [5, 5.41) is 2.79. The van der Waals surface area contributed by atoms with Crippen molar-refractivity contribution in [2.45, 2.75) is 26.8 Å². The highest BCUT2D eigenvalue weighted by Crippen LogP contribution is 2.21. The smallest absolute Gasteiger partial charge is 0.323 e. The summed E-state index contributed by atoms with van der Waals surface area (Å²) >= 11 is 0. The van der Waals surface area contributed by atoms with Crippen molar-refractivity contribution in [3.05, 3.63) is 47.3 Å². The zero-order valence-electron chi connectivity index (χ0n) is 17.1. The number of pyridine rings is 2. The van der Waals surface area contributed by atoms with Gasteiger partial charge in [-0.15, -0.1) is 0 Å². The summed E-state index contributed by atoms with van der Waals surface area (Å²) < 4.78 is 0. The Hall–Kier alpha value is -3.16. The van der Waals surface area contributed by atoms with Gasteiger partial charge in [0.2, 0.25) is 0 Å². The number of nitrogens with zero attached hydrogens (tertiary/aromatic N) is 5. The van der Waals surface area contributed by atoms with Crippen LogP contribution in [0.4, 0.5) is 16.4 Å². The number of anilines is 2. The SMILES string of the molecule is Cc1cnc(N2CCN(C(=O)c3ccc(N4C(=O)NC[C@H]4C)nc3)CC2)c(C)c1. The van der Waals surface area contributed by atoms with Crippen molar-refractivity contribution in [2.75, 3.05) is 42.5 Å². The number of rotatable bonds is 3. The topological polar surface area (TPSA) is 81.7 Å². The van der Waals surface area contributed by atoms with E-state index in [4.69, 9.17) is 0 Å². The van der Waals surface area contributed by atoms with Gasteiger partial charge in [0.1, 0.15) is 11.6 Å². The molecule has 152 valence electrons. The minimum absolute atomic E-state index is 0.0313. The lowest BCUT2D eigenvalue weighted by atomic mass is 10.2. The summed E-state index contributed by atoms with van der Waals surface area (Å²) in [5.74, 6) is 1.53. The second-order valence-corrected chi connectivity index (χ2v) is 7.74. The zero-order chi connectivity index (χ0) is 20.5. The molecule has 0 saturated carbocycles. The van der Waals surface area contributed by atoms with Crippen LogP contribution in [0.3, 0.4) is 0 Å². The van der Waals surface area contributed by atoms with Crippen LogP contribution in [0, 0.1) is 13.8 Å². The molecule has 4 heterocycles. The van der Waals surface area contributed by atoms with E-state index >= 15 is 0 Å². The highest BCUT2D eigenvalue weighted by Gasteiger charge is 2.30. The van der Waals surface area contributed by atoms with Crippen molar-refractivity contribution in [2.24, 2.45) is 0 Å². The molecule has 1 N–H and O–H groups in total. The maximum absolute atomic E-state index is 12.9. The van der Waals surface area contributed by atoms with Gasteiger partial charge in [-0.25, -0.2) is 14.8 Å². The molecule has 2 aliphatic rings. The predicted octanol–water partition coefficient (Wildman–Crippen LogP) is 1.97. The van der Waals surface area contributed by atoms with E-state index in [1.807, 2.05) is 24.9 Å². The Bertz CT molecular complexity index is 921. The van der Waals surface area contributed by atoms with Gasteiger partial charge in [-0.2, -0.15) is 0 Å². The van der Waals surface area contributed by atoms with Crippen LogP contribution in [0.25, 0.3) is 0 Å². The number of carbonyl (C=O) groups excluding carboxylic acids is 2. The van der Waals surface area contributed by atoms with Gasteiger partial charge in [-0.1, -0.05) is 6.07 Å². The Kier molecular flexibility index (Phi) is 5.08. The zero-order valence-corrected chi connectivity index (χ0v) is 17.1. The minimum atomic E-state index is -0.153. The molecule has 0 radical (unpaired) electrons. The number of aromatic nitrogens is 2. The quantitative estimate of drug-likeness (QED) is 0.861. The standard InChI is InChI=1S/C21H26N6O2/c1-14-10-15(2)19(23-11-14)25-6-8-26(9-7-25)20(28)17-4-5-18(22-13-17)27-16(3)12-24-21(27)29/h4-5,10-11,13,16H,6-9,12H2,1-3H3,(H,24,29)/t16-/m1/s1. The van der Waals surface area contributed by atoms with Crippen molar-refractivity contribution in [1.82, 2.24) is 20.2 Å². The fraction of sp³-hybridized carbons (Fsp3) is 0.429. The first-order valence-corrected chi connectivity index (χ1v) is 9.94. The molecule has 1 atom stereocenters. The third kappa shape index (κ3) is 3.74. The first kappa shape index (κ1) is 19.2. The fourth-order valence-corrected chi connectivity index (χ4v) is 3.94. The van der Waals surface area contributed by atoms with E-state index in [9.17, 15) is 9.59 Å². The fourth-order valence-electron chi connectivity index (χ4n) is 3.94. The molecule has 3 amide bonds. The molecule has 8 nitrogen and oxygen atoms in total. The number of piperazine rings is 1. The lowest BCUT2D eigenvalue weighted by molar-refractivity contribution is 0.0746. The number of carbonyl (C=O) groups is 2. The van der Waals surface area contributed by atoms with Crippen molar-refractivity contribution in [3.63, 3.8) is 0 Å². The van der Waals surface area contributed by atoms with E-state index in [0.29, 0.717) is 31.0 Å². The van der Waals surface area contributed by atoms with Gasteiger partial charge in [0.15, 0.2) is 0 Å². The van der Waals surface area contributed by atoms with Gasteiger partial charge in [0, 0.05) is 45.1 Å². The predicted molar refractivity (Wildman–Crippen MR) is 111 cm³/mol. The Labute approximate surface area is 170 Å². The Morgan fingerprint density at radius 2 is 1.86 bits per heavy atom. The number of hydrogen-bond acceptors (Lipinski definition) is 5. The first-order valence-electron chi connectivity index (χ1n) is 9.94. The van der Waals surface area contributed by atoms with Crippen LogP contribution in [-0.2, 0) is 0 Å². The van der Waals surface area contributed by atoms with Crippen molar-refractivity contribution >= 4 is 23.6 Å². The number of amides is 3. The average molecular weight is 394 g/mol. The number of hydrogen-bond donors (Lipinski definition) is 1. The van der Waals surface area contributed by atoms with Crippen LogP contribution < -0.4 is 15.1 Å². The third-order valence-electron chi connectivity index (χ3n) is 5.50. The monoisotopic (exact) mass is 394 g/mol. The Morgan fingerprint density at radius 1 is 1.10 bits per heavy atom. The molecule has 0 aromatic carbocycles. The summed E-state index contributed by atoms with van der Waals surface area (Å²) in [4.78, 5) is 39.4. The third-order valence-corrected chi connectivity index (χ3v) is 5.50. The molecule has 4 rings (SSSR count). The number of urea groups is 1. The first-order chi connectivity index (χ1) is 13.9. The van der Waals surface area contributed by atoms with E-state index in [1.165, 1.54) is 0 Å². The Morgan fingerprint density at radius 3 is 2.45 bits per heavy atom. The van der Waals surface area contributed by atoms with Gasteiger partial charge in [0.05, 0.1) is 11.6 Å². The van der Waals surface area contributed by atoms with Crippen LogP contribution in [0.2, 0.25) is 0 Å². The molecule has 2 aliphatic heterocycles. The molecule has 0 aliphatic carbocycles. The van der Waals surface area contributed by atoms with E-state index in [2.05, 4.69) is 33.2 Å². The summed E-state index contributed by atoms with van der Waals surface area (Å²) in [7, 11) is 0. The molecule has 2 fully saturated rings. The normalized spacial score (nSPS) is 19.5. The average Bonchev–Trinajstić information content (AvgIpc) is 3.06. The van der Waals surface area contributed by atoms with E-state index in [0.717, 1.165) is 30.0 Å². The molecule has 2 aromatic rings. The molecular formula is C21H26N6O2. The summed E-state index contributed by atoms with van der Waals surface area (Å²) in [6.45, 7) is 9.45. The second kappa shape index (κ2) is 7.69. The molecule has 8 heteroatoms. The largest absolute Gasteiger partial charge is 0.353 e. The van der Waals surface area contributed by atoms with Crippen LogP contribution in [-0.4, -0.2) is 65.6 Å². The molecule has 0 spiro atoms. The van der Waals surface area contributed by atoms with E-state index in [-0.39, 0.29) is 18.0 Å². The highest BCUT2D eigenvalue weighted by atomic mass is 16.2. The molecule has 2 saturated heterocycles. The van der Waals surface area contributed by atoms with E-state index < -0.39 is 0 Å². The van der Waals surface area contributed by atoms with E-state index in [1.54, 1.807) is 23.2 Å². The highest BCUT2D eigenvalue weighted by molar-refractivity contribution is 5.96. The lowest BCUT2D eigenvalue weighted by Crippen LogP contribution is -2.49. The van der Waals surface area contributed by atoms with Gasteiger partial charge in [-0.05, 0) is 44.0 Å². The van der Waals surface area contributed by atoms with Crippen LogP contribution in [0.5, 0.6) is 0 Å². The van der Waals surface area contributed by atoms with Crippen molar-refractivity contribution < 1.29 is 9.59 Å². The molecule has 2 aromatic heterocycles. The molecular weight excluding hydrogens is 368 g/mol. The maximum atomic E-state index is 12.9. The van der Waals surface area contributed by atoms with Crippen LogP contribution in [0.1, 0.15) is 28.4 Å². The lowest BCUT2D eigenvalue weighted by Gasteiger charge is -2.36.